The van der Waals surface area contributed by atoms with Crippen LogP contribution in [0.5, 0.6) is 0 Å². The lowest BCUT2D eigenvalue weighted by Gasteiger charge is -2.22. The maximum atomic E-state index is 13.1. The lowest BCUT2D eigenvalue weighted by Crippen LogP contribution is -2.36. The molecule has 1 fully saturated rings. The van der Waals surface area contributed by atoms with Gasteiger partial charge in [-0.05, 0) is 36.6 Å². The van der Waals surface area contributed by atoms with Crippen LogP contribution in [0.2, 0.25) is 0 Å². The van der Waals surface area contributed by atoms with Gasteiger partial charge in [-0.25, -0.2) is 4.98 Å². The smallest absolute Gasteiger partial charge is 0.231 e. The summed E-state index contributed by atoms with van der Waals surface area (Å²) in [5.41, 5.74) is 4.16. The lowest BCUT2D eigenvalue weighted by atomic mass is 10.1. The molecule has 26 heavy (non-hydrogen) atoms. The fraction of sp³-hybridized carbons (Fsp3) is 0.286. The third-order valence-electron chi connectivity index (χ3n) is 5.45. The molecule has 130 valence electrons. The standard InChI is InChI=1S/C21H20N4O/c26-21(25-12-10-15-5-1-4-8-19(15)25)16-9-11-24(14-16)20-13-22-17-6-2-3-7-18(17)23-20/h1-8,13,16H,9-12,14H2. The first-order valence-electron chi connectivity index (χ1n) is 9.15. The number of carbonyl (C=O) groups is 1. The third-order valence-corrected chi connectivity index (χ3v) is 5.45. The summed E-state index contributed by atoms with van der Waals surface area (Å²) >= 11 is 0. The van der Waals surface area contributed by atoms with Crippen molar-refractivity contribution in [2.45, 2.75) is 12.8 Å². The Kier molecular flexibility index (Phi) is 3.59. The van der Waals surface area contributed by atoms with Gasteiger partial charge >= 0.3 is 0 Å². The highest BCUT2D eigenvalue weighted by Crippen LogP contribution is 2.31. The summed E-state index contributed by atoms with van der Waals surface area (Å²) < 4.78 is 0. The summed E-state index contributed by atoms with van der Waals surface area (Å²) in [4.78, 5) is 26.4. The van der Waals surface area contributed by atoms with Gasteiger partial charge in [0.05, 0.1) is 23.1 Å². The quantitative estimate of drug-likeness (QED) is 0.717. The van der Waals surface area contributed by atoms with Crippen molar-refractivity contribution >= 4 is 28.4 Å². The molecule has 0 aliphatic carbocycles. The number of anilines is 2. The molecule has 2 aromatic carbocycles. The monoisotopic (exact) mass is 344 g/mol. The summed E-state index contributed by atoms with van der Waals surface area (Å²) in [6.45, 7) is 2.36. The van der Waals surface area contributed by atoms with Crippen LogP contribution in [-0.4, -0.2) is 35.5 Å². The lowest BCUT2D eigenvalue weighted by molar-refractivity contribution is -0.121. The van der Waals surface area contributed by atoms with E-state index in [1.165, 1.54) is 5.56 Å². The third kappa shape index (κ3) is 2.51. The highest BCUT2D eigenvalue weighted by Gasteiger charge is 2.35. The van der Waals surface area contributed by atoms with Crippen LogP contribution >= 0.6 is 0 Å². The molecule has 3 heterocycles. The summed E-state index contributed by atoms with van der Waals surface area (Å²) in [6, 6.07) is 16.1. The molecule has 1 aromatic heterocycles. The van der Waals surface area contributed by atoms with Gasteiger partial charge in [-0.15, -0.1) is 0 Å². The second-order valence-corrected chi connectivity index (χ2v) is 7.02. The number of benzene rings is 2. The van der Waals surface area contributed by atoms with Crippen molar-refractivity contribution in [1.29, 1.82) is 0 Å². The van der Waals surface area contributed by atoms with Crippen LogP contribution in [0.4, 0.5) is 11.5 Å². The molecule has 5 rings (SSSR count). The van der Waals surface area contributed by atoms with E-state index < -0.39 is 0 Å². The zero-order chi connectivity index (χ0) is 17.5. The Bertz CT molecular complexity index is 986. The van der Waals surface area contributed by atoms with E-state index in [9.17, 15) is 4.79 Å². The number of nitrogens with zero attached hydrogens (tertiary/aromatic N) is 4. The Hall–Kier alpha value is -2.95. The predicted octanol–water partition coefficient (Wildman–Crippen LogP) is 3.05. The molecule has 5 heteroatoms. The molecule has 1 saturated heterocycles. The highest BCUT2D eigenvalue weighted by atomic mass is 16.2. The summed E-state index contributed by atoms with van der Waals surface area (Å²) in [6.07, 6.45) is 3.64. The molecule has 0 saturated carbocycles. The number of carbonyl (C=O) groups excluding carboxylic acids is 1. The van der Waals surface area contributed by atoms with E-state index in [-0.39, 0.29) is 11.8 Å². The molecule has 0 spiro atoms. The molecule has 1 unspecified atom stereocenters. The maximum absolute atomic E-state index is 13.1. The van der Waals surface area contributed by atoms with Crippen LogP contribution in [0.3, 0.4) is 0 Å². The van der Waals surface area contributed by atoms with Gasteiger partial charge in [0.15, 0.2) is 0 Å². The SMILES string of the molecule is O=C(C1CCN(c2cnc3ccccc3n2)C1)N1CCc2ccccc21. The average molecular weight is 344 g/mol. The predicted molar refractivity (Wildman–Crippen MR) is 102 cm³/mol. The van der Waals surface area contributed by atoms with Crippen LogP contribution in [0.15, 0.2) is 54.7 Å². The minimum absolute atomic E-state index is 0.0226. The number of aromatic nitrogens is 2. The van der Waals surface area contributed by atoms with Gasteiger partial charge in [0.1, 0.15) is 5.82 Å². The summed E-state index contributed by atoms with van der Waals surface area (Å²) in [7, 11) is 0. The molecule has 2 aliphatic rings. The molecular formula is C21H20N4O. The normalized spacial score (nSPS) is 19.2. The Labute approximate surface area is 152 Å². The van der Waals surface area contributed by atoms with Crippen LogP contribution in [-0.2, 0) is 11.2 Å². The first-order chi connectivity index (χ1) is 12.8. The van der Waals surface area contributed by atoms with E-state index in [0.29, 0.717) is 6.54 Å². The van der Waals surface area contributed by atoms with Gasteiger partial charge in [0.2, 0.25) is 5.91 Å². The second-order valence-electron chi connectivity index (χ2n) is 7.02. The number of amides is 1. The van der Waals surface area contributed by atoms with Gasteiger partial charge in [-0.1, -0.05) is 30.3 Å². The number of fused-ring (bicyclic) bond motifs is 2. The molecular weight excluding hydrogens is 324 g/mol. The van der Waals surface area contributed by atoms with Gasteiger partial charge in [-0.2, -0.15) is 0 Å². The molecule has 1 amide bonds. The van der Waals surface area contributed by atoms with Crippen LogP contribution < -0.4 is 9.80 Å². The minimum Gasteiger partial charge on any atom is -0.354 e. The van der Waals surface area contributed by atoms with Crippen molar-refractivity contribution in [1.82, 2.24) is 9.97 Å². The Morgan fingerprint density at radius 2 is 1.81 bits per heavy atom. The number of hydrogen-bond donors (Lipinski definition) is 0. The van der Waals surface area contributed by atoms with Crippen molar-refractivity contribution in [3.8, 4) is 0 Å². The Morgan fingerprint density at radius 1 is 1.00 bits per heavy atom. The van der Waals surface area contributed by atoms with E-state index in [4.69, 9.17) is 4.98 Å². The van der Waals surface area contributed by atoms with Crippen molar-refractivity contribution in [3.05, 3.63) is 60.3 Å². The molecule has 2 aliphatic heterocycles. The van der Waals surface area contributed by atoms with Crippen LogP contribution in [0.25, 0.3) is 11.0 Å². The fourth-order valence-corrected chi connectivity index (χ4v) is 4.06. The average Bonchev–Trinajstić information content (AvgIpc) is 3.34. The fourth-order valence-electron chi connectivity index (χ4n) is 4.06. The molecule has 3 aromatic rings. The zero-order valence-electron chi connectivity index (χ0n) is 14.5. The maximum Gasteiger partial charge on any atom is 0.231 e. The molecule has 5 nitrogen and oxygen atoms in total. The van der Waals surface area contributed by atoms with Gasteiger partial charge in [-0.3, -0.25) is 9.78 Å². The number of para-hydroxylation sites is 3. The molecule has 0 radical (unpaired) electrons. The van der Waals surface area contributed by atoms with Crippen LogP contribution in [0.1, 0.15) is 12.0 Å². The van der Waals surface area contributed by atoms with E-state index in [0.717, 1.165) is 48.5 Å². The molecule has 1 atom stereocenters. The topological polar surface area (TPSA) is 49.3 Å². The van der Waals surface area contributed by atoms with E-state index in [1.54, 1.807) is 0 Å². The van der Waals surface area contributed by atoms with E-state index >= 15 is 0 Å². The Morgan fingerprint density at radius 3 is 2.73 bits per heavy atom. The summed E-state index contributed by atoms with van der Waals surface area (Å²) in [5, 5.41) is 0. The molecule has 0 bridgehead atoms. The van der Waals surface area contributed by atoms with E-state index in [2.05, 4.69) is 22.0 Å². The largest absolute Gasteiger partial charge is 0.354 e. The first-order valence-corrected chi connectivity index (χ1v) is 9.15. The minimum atomic E-state index is 0.0226. The van der Waals surface area contributed by atoms with Gasteiger partial charge in [0, 0.05) is 25.3 Å². The van der Waals surface area contributed by atoms with Gasteiger partial charge in [0.25, 0.3) is 0 Å². The molecule has 0 N–H and O–H groups in total. The van der Waals surface area contributed by atoms with Gasteiger partial charge < -0.3 is 9.80 Å². The number of hydrogen-bond acceptors (Lipinski definition) is 4. The van der Waals surface area contributed by atoms with Crippen molar-refractivity contribution in [3.63, 3.8) is 0 Å². The van der Waals surface area contributed by atoms with Crippen molar-refractivity contribution in [2.75, 3.05) is 29.4 Å². The van der Waals surface area contributed by atoms with Crippen LogP contribution in [0, 0.1) is 5.92 Å². The Balaban J connectivity index is 1.34. The highest BCUT2D eigenvalue weighted by molar-refractivity contribution is 5.97. The number of rotatable bonds is 2. The summed E-state index contributed by atoms with van der Waals surface area (Å²) in [5.74, 6) is 1.13. The van der Waals surface area contributed by atoms with Crippen molar-refractivity contribution < 1.29 is 4.79 Å². The second kappa shape index (κ2) is 6.09. The van der Waals surface area contributed by atoms with E-state index in [1.807, 2.05) is 47.5 Å². The zero-order valence-corrected chi connectivity index (χ0v) is 14.5. The first kappa shape index (κ1) is 15.3. The van der Waals surface area contributed by atoms with Crippen molar-refractivity contribution in [2.24, 2.45) is 5.92 Å².